The Hall–Kier alpha value is -0.730. The Bertz CT molecular complexity index is 306. The summed E-state index contributed by atoms with van der Waals surface area (Å²) in [5, 5.41) is 9.80. The van der Waals surface area contributed by atoms with Crippen LogP contribution in [0.4, 0.5) is 0 Å². The molecular formula is C13H23N3OS. The van der Waals surface area contributed by atoms with Gasteiger partial charge in [-0.1, -0.05) is 13.8 Å². The maximum Gasteiger partial charge on any atom is 0.223 e. The Morgan fingerprint density at radius 2 is 2.06 bits per heavy atom. The predicted molar refractivity (Wildman–Crippen MR) is 75.4 cm³/mol. The number of hydrogen-bond acceptors (Lipinski definition) is 4. The zero-order valence-electron chi connectivity index (χ0n) is 11.6. The van der Waals surface area contributed by atoms with Crippen molar-refractivity contribution in [2.75, 3.05) is 33.2 Å². The van der Waals surface area contributed by atoms with Gasteiger partial charge in [0.25, 0.3) is 0 Å². The van der Waals surface area contributed by atoms with Crippen LogP contribution >= 0.6 is 11.8 Å². The molecule has 1 fully saturated rings. The van der Waals surface area contributed by atoms with E-state index in [0.29, 0.717) is 29.9 Å². The van der Waals surface area contributed by atoms with E-state index in [2.05, 4.69) is 24.8 Å². The molecule has 0 radical (unpaired) electrons. The van der Waals surface area contributed by atoms with Crippen LogP contribution in [0.2, 0.25) is 0 Å². The van der Waals surface area contributed by atoms with Crippen LogP contribution in [0.25, 0.3) is 0 Å². The third-order valence-electron chi connectivity index (χ3n) is 3.12. The monoisotopic (exact) mass is 269 g/mol. The topological polar surface area (TPSA) is 47.3 Å². The molecule has 5 heteroatoms. The molecule has 4 nitrogen and oxygen atoms in total. The largest absolute Gasteiger partial charge is 0.345 e. The molecule has 0 aromatic rings. The van der Waals surface area contributed by atoms with Gasteiger partial charge in [0, 0.05) is 50.1 Å². The Morgan fingerprint density at radius 1 is 1.44 bits per heavy atom. The average molecular weight is 269 g/mol. The third-order valence-corrected chi connectivity index (χ3v) is 4.35. The average Bonchev–Trinajstić information content (AvgIpc) is 2.31. The van der Waals surface area contributed by atoms with Crippen LogP contribution in [0.1, 0.15) is 26.7 Å². The highest BCUT2D eigenvalue weighted by atomic mass is 32.2. The number of thioether (sulfide) groups is 1. The van der Waals surface area contributed by atoms with Crippen LogP contribution in [0.5, 0.6) is 0 Å². The number of carbonyl (C=O) groups is 1. The summed E-state index contributed by atoms with van der Waals surface area (Å²) in [6, 6.07) is 2.06. The van der Waals surface area contributed by atoms with Crippen molar-refractivity contribution in [3.05, 3.63) is 0 Å². The van der Waals surface area contributed by atoms with Gasteiger partial charge >= 0.3 is 0 Å². The summed E-state index contributed by atoms with van der Waals surface area (Å²) in [7, 11) is 1.77. The number of nitriles is 1. The number of rotatable bonds is 5. The van der Waals surface area contributed by atoms with Gasteiger partial charge in [-0.3, -0.25) is 4.79 Å². The normalized spacial score (nSPS) is 24.6. The van der Waals surface area contributed by atoms with Gasteiger partial charge < -0.3 is 9.80 Å². The van der Waals surface area contributed by atoms with E-state index in [-0.39, 0.29) is 5.91 Å². The molecule has 1 rings (SSSR count). The number of carbonyl (C=O) groups excluding carboxylic acids is 1. The molecule has 0 aliphatic carbocycles. The molecule has 0 spiro atoms. The molecule has 0 bridgehead atoms. The van der Waals surface area contributed by atoms with Crippen molar-refractivity contribution < 1.29 is 4.79 Å². The summed E-state index contributed by atoms with van der Waals surface area (Å²) in [4.78, 5) is 15.9. The lowest BCUT2D eigenvalue weighted by Crippen LogP contribution is -2.42. The minimum Gasteiger partial charge on any atom is -0.345 e. The maximum atomic E-state index is 11.8. The van der Waals surface area contributed by atoms with Crippen molar-refractivity contribution in [1.82, 2.24) is 9.80 Å². The van der Waals surface area contributed by atoms with Crippen molar-refractivity contribution in [3.8, 4) is 6.07 Å². The molecule has 0 aromatic carbocycles. The van der Waals surface area contributed by atoms with Gasteiger partial charge in [-0.25, -0.2) is 0 Å². The van der Waals surface area contributed by atoms with E-state index < -0.39 is 0 Å². The van der Waals surface area contributed by atoms with Crippen molar-refractivity contribution in [2.45, 2.75) is 37.2 Å². The molecule has 1 aliphatic heterocycles. The molecule has 2 unspecified atom stereocenters. The molecule has 0 N–H and O–H groups in total. The second-order valence-electron chi connectivity index (χ2n) is 4.99. The first-order chi connectivity index (χ1) is 8.52. The molecule has 0 saturated carbocycles. The van der Waals surface area contributed by atoms with Crippen LogP contribution in [0.3, 0.4) is 0 Å². The zero-order chi connectivity index (χ0) is 13.5. The highest BCUT2D eigenvalue weighted by Gasteiger charge is 2.22. The summed E-state index contributed by atoms with van der Waals surface area (Å²) in [5.74, 6) is 0.142. The standard InChI is InChI=1S/C13H23N3OS/c1-11-9-16(10-12(2)18-11)8-5-13(17)15(3)7-4-6-14/h11-12H,4-5,7-10H2,1-3H3. The van der Waals surface area contributed by atoms with E-state index in [1.165, 1.54) is 0 Å². The third kappa shape index (κ3) is 5.28. The first-order valence-electron chi connectivity index (χ1n) is 6.51. The van der Waals surface area contributed by atoms with Crippen molar-refractivity contribution >= 4 is 17.7 Å². The van der Waals surface area contributed by atoms with Crippen LogP contribution in [-0.4, -0.2) is 59.4 Å². The molecule has 2 atom stereocenters. The van der Waals surface area contributed by atoms with E-state index in [1.807, 2.05) is 11.8 Å². The Labute approximate surface area is 114 Å². The SMILES string of the molecule is CC1CN(CCC(=O)N(C)CCC#N)CC(C)S1. The van der Waals surface area contributed by atoms with Gasteiger partial charge in [0.05, 0.1) is 12.5 Å². The summed E-state index contributed by atoms with van der Waals surface area (Å²) in [5.41, 5.74) is 0. The van der Waals surface area contributed by atoms with Gasteiger partial charge in [0.15, 0.2) is 0 Å². The fourth-order valence-corrected chi connectivity index (χ4v) is 3.64. The number of hydrogen-bond donors (Lipinski definition) is 0. The second kappa shape index (κ2) is 7.65. The summed E-state index contributed by atoms with van der Waals surface area (Å²) < 4.78 is 0. The number of amides is 1. The molecule has 1 saturated heterocycles. The van der Waals surface area contributed by atoms with E-state index in [9.17, 15) is 4.79 Å². The lowest BCUT2D eigenvalue weighted by Gasteiger charge is -2.34. The van der Waals surface area contributed by atoms with Crippen molar-refractivity contribution in [3.63, 3.8) is 0 Å². The fraction of sp³-hybridized carbons (Fsp3) is 0.846. The zero-order valence-corrected chi connectivity index (χ0v) is 12.4. The second-order valence-corrected chi connectivity index (χ2v) is 6.87. The molecule has 1 amide bonds. The van der Waals surface area contributed by atoms with Gasteiger partial charge in [0.1, 0.15) is 0 Å². The molecule has 18 heavy (non-hydrogen) atoms. The minimum absolute atomic E-state index is 0.142. The van der Waals surface area contributed by atoms with Crippen LogP contribution in [0.15, 0.2) is 0 Å². The lowest BCUT2D eigenvalue weighted by molar-refractivity contribution is -0.130. The highest BCUT2D eigenvalue weighted by molar-refractivity contribution is 8.00. The van der Waals surface area contributed by atoms with Gasteiger partial charge in [-0.15, -0.1) is 0 Å². The smallest absolute Gasteiger partial charge is 0.223 e. The Kier molecular flexibility index (Phi) is 6.51. The van der Waals surface area contributed by atoms with Crippen molar-refractivity contribution in [2.24, 2.45) is 0 Å². The molecule has 102 valence electrons. The van der Waals surface area contributed by atoms with Crippen molar-refractivity contribution in [1.29, 1.82) is 5.26 Å². The van der Waals surface area contributed by atoms with Gasteiger partial charge in [-0.2, -0.15) is 17.0 Å². The first kappa shape index (κ1) is 15.3. The van der Waals surface area contributed by atoms with Crippen LogP contribution in [-0.2, 0) is 4.79 Å². The number of nitrogens with zero attached hydrogens (tertiary/aromatic N) is 3. The lowest BCUT2D eigenvalue weighted by atomic mass is 10.2. The Morgan fingerprint density at radius 3 is 2.61 bits per heavy atom. The highest BCUT2D eigenvalue weighted by Crippen LogP contribution is 2.24. The van der Waals surface area contributed by atoms with Gasteiger partial charge in [0.2, 0.25) is 5.91 Å². The first-order valence-corrected chi connectivity index (χ1v) is 7.46. The van der Waals surface area contributed by atoms with Crippen LogP contribution < -0.4 is 0 Å². The quantitative estimate of drug-likeness (QED) is 0.760. The van der Waals surface area contributed by atoms with E-state index in [1.54, 1.807) is 11.9 Å². The molecule has 0 aromatic heterocycles. The minimum atomic E-state index is 0.142. The molecular weight excluding hydrogens is 246 g/mol. The molecule has 1 heterocycles. The van der Waals surface area contributed by atoms with E-state index in [4.69, 9.17) is 5.26 Å². The maximum absolute atomic E-state index is 11.8. The van der Waals surface area contributed by atoms with E-state index in [0.717, 1.165) is 19.6 Å². The summed E-state index contributed by atoms with van der Waals surface area (Å²) >= 11 is 2.02. The summed E-state index contributed by atoms with van der Waals surface area (Å²) in [6.07, 6.45) is 0.975. The fourth-order valence-electron chi connectivity index (χ4n) is 2.25. The van der Waals surface area contributed by atoms with Gasteiger partial charge in [-0.05, 0) is 0 Å². The molecule has 1 aliphatic rings. The predicted octanol–water partition coefficient (Wildman–Crippen LogP) is 1.57. The summed E-state index contributed by atoms with van der Waals surface area (Å²) in [6.45, 7) is 8.01. The Balaban J connectivity index is 2.27. The van der Waals surface area contributed by atoms with Crippen LogP contribution in [0, 0.1) is 11.3 Å². The van der Waals surface area contributed by atoms with E-state index >= 15 is 0 Å².